The Labute approximate surface area is 75.5 Å². The van der Waals surface area contributed by atoms with Gasteiger partial charge in [-0.05, 0) is 18.6 Å². The summed E-state index contributed by atoms with van der Waals surface area (Å²) in [5.74, 6) is 0. The molecule has 1 aromatic carbocycles. The van der Waals surface area contributed by atoms with E-state index in [9.17, 15) is 0 Å². The molecule has 4 N–H and O–H groups in total. The molecule has 68 valence electrons. The summed E-state index contributed by atoms with van der Waals surface area (Å²) in [6, 6.07) is 3.79. The molecule has 0 amide bonds. The van der Waals surface area contributed by atoms with Crippen molar-refractivity contribution in [3.05, 3.63) is 17.7 Å². The lowest BCUT2D eigenvalue weighted by molar-refractivity contribution is 0.626. The van der Waals surface area contributed by atoms with E-state index in [1.807, 2.05) is 13.0 Å². The second-order valence-electron chi connectivity index (χ2n) is 2.89. The van der Waals surface area contributed by atoms with Crippen molar-refractivity contribution < 1.29 is 4.42 Å². The number of aromatic nitrogens is 1. The SMILES string of the molecule is CCc1c(N)ccc2oc(N)nc12. The molecule has 0 bridgehead atoms. The van der Waals surface area contributed by atoms with Crippen molar-refractivity contribution in [1.82, 2.24) is 4.98 Å². The maximum absolute atomic E-state index is 5.78. The topological polar surface area (TPSA) is 78.1 Å². The Hall–Kier alpha value is -1.71. The number of nitrogens with two attached hydrogens (primary N) is 2. The van der Waals surface area contributed by atoms with Crippen molar-refractivity contribution in [1.29, 1.82) is 0 Å². The third-order valence-electron chi connectivity index (χ3n) is 2.07. The highest BCUT2D eigenvalue weighted by atomic mass is 16.4. The molecule has 4 nitrogen and oxygen atoms in total. The van der Waals surface area contributed by atoms with Gasteiger partial charge in [-0.15, -0.1) is 0 Å². The standard InChI is InChI=1S/C9H11N3O/c1-2-5-6(10)3-4-7-8(5)12-9(11)13-7/h3-4H,2,10H2,1H3,(H2,11,12). The number of oxazole rings is 1. The van der Waals surface area contributed by atoms with E-state index in [0.717, 1.165) is 23.2 Å². The number of aryl methyl sites for hydroxylation is 1. The third kappa shape index (κ3) is 1.11. The fourth-order valence-electron chi connectivity index (χ4n) is 1.45. The van der Waals surface area contributed by atoms with Gasteiger partial charge in [0.05, 0.1) is 0 Å². The summed E-state index contributed by atoms with van der Waals surface area (Å²) in [4.78, 5) is 4.08. The van der Waals surface area contributed by atoms with E-state index in [1.54, 1.807) is 6.07 Å². The molecule has 0 atom stereocenters. The molecule has 0 unspecified atom stereocenters. The molecule has 0 aliphatic carbocycles. The van der Waals surface area contributed by atoms with Crippen molar-refractivity contribution in [2.24, 2.45) is 0 Å². The number of benzene rings is 1. The van der Waals surface area contributed by atoms with Crippen LogP contribution in [0.1, 0.15) is 12.5 Å². The Morgan fingerprint density at radius 2 is 2.15 bits per heavy atom. The Balaban J connectivity index is 2.82. The lowest BCUT2D eigenvalue weighted by Crippen LogP contribution is -1.93. The van der Waals surface area contributed by atoms with Crippen LogP contribution in [0.5, 0.6) is 0 Å². The van der Waals surface area contributed by atoms with E-state index in [2.05, 4.69) is 4.98 Å². The van der Waals surface area contributed by atoms with Crippen LogP contribution >= 0.6 is 0 Å². The zero-order valence-corrected chi connectivity index (χ0v) is 7.37. The molecular weight excluding hydrogens is 166 g/mol. The van der Waals surface area contributed by atoms with Crippen LogP contribution in [0.25, 0.3) is 11.1 Å². The van der Waals surface area contributed by atoms with Crippen LogP contribution in [-0.2, 0) is 6.42 Å². The van der Waals surface area contributed by atoms with Crippen molar-refractivity contribution in [3.8, 4) is 0 Å². The highest BCUT2D eigenvalue weighted by molar-refractivity contribution is 5.83. The van der Waals surface area contributed by atoms with E-state index >= 15 is 0 Å². The van der Waals surface area contributed by atoms with E-state index in [1.165, 1.54) is 0 Å². The van der Waals surface area contributed by atoms with Crippen molar-refractivity contribution in [2.45, 2.75) is 13.3 Å². The van der Waals surface area contributed by atoms with Crippen molar-refractivity contribution in [3.63, 3.8) is 0 Å². The minimum Gasteiger partial charge on any atom is -0.424 e. The minimum atomic E-state index is 0.190. The van der Waals surface area contributed by atoms with Crippen LogP contribution < -0.4 is 11.5 Å². The summed E-state index contributed by atoms with van der Waals surface area (Å²) in [5, 5.41) is 0. The molecule has 13 heavy (non-hydrogen) atoms. The molecule has 0 aliphatic rings. The van der Waals surface area contributed by atoms with E-state index < -0.39 is 0 Å². The van der Waals surface area contributed by atoms with Gasteiger partial charge in [0.25, 0.3) is 6.01 Å². The fraction of sp³-hybridized carbons (Fsp3) is 0.222. The predicted octanol–water partition coefficient (Wildman–Crippen LogP) is 1.55. The molecule has 4 heteroatoms. The van der Waals surface area contributed by atoms with Crippen LogP contribution in [0.2, 0.25) is 0 Å². The lowest BCUT2D eigenvalue weighted by Gasteiger charge is -2.00. The number of rotatable bonds is 1. The molecule has 0 aliphatic heterocycles. The highest BCUT2D eigenvalue weighted by Gasteiger charge is 2.09. The molecule has 1 aromatic heterocycles. The first-order valence-electron chi connectivity index (χ1n) is 4.15. The molecule has 0 saturated heterocycles. The first-order chi connectivity index (χ1) is 6.22. The molecular formula is C9H11N3O. The molecule has 1 heterocycles. The number of fused-ring (bicyclic) bond motifs is 1. The van der Waals surface area contributed by atoms with Gasteiger partial charge in [0.1, 0.15) is 5.52 Å². The quantitative estimate of drug-likeness (QED) is 0.648. The van der Waals surface area contributed by atoms with Gasteiger partial charge in [0, 0.05) is 11.3 Å². The van der Waals surface area contributed by atoms with Gasteiger partial charge in [0.15, 0.2) is 5.58 Å². The second-order valence-corrected chi connectivity index (χ2v) is 2.89. The predicted molar refractivity (Wildman–Crippen MR) is 52.2 cm³/mol. The third-order valence-corrected chi connectivity index (χ3v) is 2.07. The minimum absolute atomic E-state index is 0.190. The summed E-state index contributed by atoms with van der Waals surface area (Å²) >= 11 is 0. The Morgan fingerprint density at radius 3 is 2.85 bits per heavy atom. The maximum Gasteiger partial charge on any atom is 0.292 e. The lowest BCUT2D eigenvalue weighted by atomic mass is 10.1. The molecule has 2 rings (SSSR count). The summed E-state index contributed by atoms with van der Waals surface area (Å²) in [7, 11) is 0. The average molecular weight is 177 g/mol. The zero-order chi connectivity index (χ0) is 9.42. The summed E-state index contributed by atoms with van der Waals surface area (Å²) in [5.41, 5.74) is 14.4. The van der Waals surface area contributed by atoms with Gasteiger partial charge in [0.2, 0.25) is 0 Å². The van der Waals surface area contributed by atoms with Crippen molar-refractivity contribution in [2.75, 3.05) is 11.5 Å². The van der Waals surface area contributed by atoms with Crippen LogP contribution in [-0.4, -0.2) is 4.98 Å². The molecule has 0 radical (unpaired) electrons. The maximum atomic E-state index is 5.78. The van der Waals surface area contributed by atoms with Gasteiger partial charge in [-0.1, -0.05) is 6.92 Å². The summed E-state index contributed by atoms with van der Waals surface area (Å²) in [6.07, 6.45) is 0.829. The normalized spacial score (nSPS) is 10.8. The number of nitrogens with zero attached hydrogens (tertiary/aromatic N) is 1. The van der Waals surface area contributed by atoms with Gasteiger partial charge in [-0.3, -0.25) is 0 Å². The fourth-order valence-corrected chi connectivity index (χ4v) is 1.45. The molecule has 2 aromatic rings. The van der Waals surface area contributed by atoms with E-state index in [0.29, 0.717) is 5.58 Å². The first-order valence-corrected chi connectivity index (χ1v) is 4.15. The van der Waals surface area contributed by atoms with Crippen LogP contribution in [0.3, 0.4) is 0 Å². The van der Waals surface area contributed by atoms with Crippen LogP contribution in [0, 0.1) is 0 Å². The first kappa shape index (κ1) is 7.91. The number of hydrogen-bond donors (Lipinski definition) is 2. The Bertz CT molecular complexity index is 447. The van der Waals surface area contributed by atoms with Gasteiger partial charge in [-0.25, -0.2) is 0 Å². The van der Waals surface area contributed by atoms with E-state index in [4.69, 9.17) is 15.9 Å². The summed E-state index contributed by atoms with van der Waals surface area (Å²) in [6.45, 7) is 2.02. The van der Waals surface area contributed by atoms with E-state index in [-0.39, 0.29) is 6.01 Å². The average Bonchev–Trinajstić information content (AvgIpc) is 2.45. The summed E-state index contributed by atoms with van der Waals surface area (Å²) < 4.78 is 5.18. The zero-order valence-electron chi connectivity index (χ0n) is 7.37. The van der Waals surface area contributed by atoms with Crippen LogP contribution in [0.4, 0.5) is 11.7 Å². The number of nitrogen functional groups attached to an aromatic ring is 2. The monoisotopic (exact) mass is 177 g/mol. The molecule has 0 saturated carbocycles. The second kappa shape index (κ2) is 2.65. The van der Waals surface area contributed by atoms with Gasteiger partial charge >= 0.3 is 0 Å². The smallest absolute Gasteiger partial charge is 0.292 e. The number of hydrogen-bond acceptors (Lipinski definition) is 4. The van der Waals surface area contributed by atoms with Gasteiger partial charge in [-0.2, -0.15) is 4.98 Å². The van der Waals surface area contributed by atoms with Crippen molar-refractivity contribution >= 4 is 22.8 Å². The molecule has 0 spiro atoms. The van der Waals surface area contributed by atoms with Crippen LogP contribution in [0.15, 0.2) is 16.5 Å². The Morgan fingerprint density at radius 1 is 1.38 bits per heavy atom. The molecule has 0 fully saturated rings. The Kier molecular flexibility index (Phi) is 1.62. The largest absolute Gasteiger partial charge is 0.424 e. The highest BCUT2D eigenvalue weighted by Crippen LogP contribution is 2.25. The van der Waals surface area contributed by atoms with Gasteiger partial charge < -0.3 is 15.9 Å². The number of anilines is 2.